The maximum absolute atomic E-state index is 11.6. The van der Waals surface area contributed by atoms with Crippen LogP contribution < -0.4 is 5.69 Å². The Morgan fingerprint density at radius 3 is 2.67 bits per heavy atom. The smallest absolute Gasteiger partial charge is 0.348 e. The molecule has 5 heteroatoms. The van der Waals surface area contributed by atoms with Crippen LogP contribution in [0.2, 0.25) is 0 Å². The van der Waals surface area contributed by atoms with Crippen molar-refractivity contribution in [3.63, 3.8) is 0 Å². The molecule has 0 atom stereocenters. The monoisotopic (exact) mass is 274 g/mol. The molecule has 0 aromatic carbocycles. The fraction of sp³-hybridized carbons (Fsp3) is 0.600. The molecule has 1 heterocycles. The summed E-state index contributed by atoms with van der Waals surface area (Å²) < 4.78 is 2.51. The molecule has 0 saturated heterocycles. The molecule has 0 spiro atoms. The molecule has 1 rings (SSSR count). The molecule has 15 heavy (non-hydrogen) atoms. The molecule has 1 N–H and O–H groups in total. The fourth-order valence-corrected chi connectivity index (χ4v) is 1.72. The van der Waals surface area contributed by atoms with Crippen LogP contribution in [0.5, 0.6) is 0 Å². The Morgan fingerprint density at radius 1 is 1.40 bits per heavy atom. The number of rotatable bonds is 4. The highest BCUT2D eigenvalue weighted by Gasteiger charge is 2.08. The van der Waals surface area contributed by atoms with Gasteiger partial charge in [0.15, 0.2) is 0 Å². The van der Waals surface area contributed by atoms with E-state index in [4.69, 9.17) is 5.11 Å². The summed E-state index contributed by atoms with van der Waals surface area (Å²) in [5.74, 6) is 0. The number of unbranched alkanes of at least 4 members (excludes halogenated alkanes) is 1. The van der Waals surface area contributed by atoms with E-state index in [1.807, 2.05) is 6.92 Å². The largest absolute Gasteiger partial charge is 0.396 e. The summed E-state index contributed by atoms with van der Waals surface area (Å²) in [6.45, 7) is 4.46. The van der Waals surface area contributed by atoms with Gasteiger partial charge in [-0.2, -0.15) is 4.98 Å². The SMILES string of the molecule is Cc1nc(=O)n(CCCCO)c(C)c1Br. The molecule has 0 aliphatic rings. The van der Waals surface area contributed by atoms with Crippen LogP contribution in [0.1, 0.15) is 24.2 Å². The lowest BCUT2D eigenvalue weighted by atomic mass is 10.3. The summed E-state index contributed by atoms with van der Waals surface area (Å²) >= 11 is 3.40. The van der Waals surface area contributed by atoms with Gasteiger partial charge in [0.1, 0.15) is 0 Å². The molecule has 0 aliphatic carbocycles. The van der Waals surface area contributed by atoms with E-state index in [1.54, 1.807) is 11.5 Å². The predicted octanol–water partition coefficient (Wildman–Crippen LogP) is 1.40. The summed E-state index contributed by atoms with van der Waals surface area (Å²) in [5.41, 5.74) is 1.40. The number of aryl methyl sites for hydroxylation is 1. The molecule has 0 amide bonds. The zero-order valence-electron chi connectivity index (χ0n) is 8.96. The standard InChI is InChI=1S/C10H15BrN2O2/c1-7-9(11)8(2)13(10(15)12-7)5-3-4-6-14/h14H,3-6H2,1-2H3. The van der Waals surface area contributed by atoms with Gasteiger partial charge < -0.3 is 5.11 Å². The van der Waals surface area contributed by atoms with E-state index in [1.165, 1.54) is 0 Å². The second kappa shape index (κ2) is 5.42. The lowest BCUT2D eigenvalue weighted by Crippen LogP contribution is -2.26. The third kappa shape index (κ3) is 2.89. The molecular weight excluding hydrogens is 260 g/mol. The van der Waals surface area contributed by atoms with Gasteiger partial charge in [-0.1, -0.05) is 0 Å². The van der Waals surface area contributed by atoms with Crippen LogP contribution in [0.3, 0.4) is 0 Å². The molecular formula is C10H15BrN2O2. The summed E-state index contributed by atoms with van der Waals surface area (Å²) in [4.78, 5) is 15.5. The first kappa shape index (κ1) is 12.4. The lowest BCUT2D eigenvalue weighted by Gasteiger charge is -2.11. The Hall–Kier alpha value is -0.680. The van der Waals surface area contributed by atoms with Crippen LogP contribution in [0.4, 0.5) is 0 Å². The second-order valence-corrected chi connectivity index (χ2v) is 4.25. The Bertz CT molecular complexity index is 401. The summed E-state index contributed by atoms with van der Waals surface area (Å²) in [7, 11) is 0. The van der Waals surface area contributed by atoms with Crippen molar-refractivity contribution in [2.45, 2.75) is 33.2 Å². The van der Waals surface area contributed by atoms with E-state index in [2.05, 4.69) is 20.9 Å². The van der Waals surface area contributed by atoms with Crippen LogP contribution in [-0.4, -0.2) is 21.3 Å². The highest BCUT2D eigenvalue weighted by Crippen LogP contribution is 2.16. The van der Waals surface area contributed by atoms with Crippen molar-refractivity contribution < 1.29 is 5.11 Å². The van der Waals surface area contributed by atoms with Gasteiger partial charge in [0.05, 0.1) is 10.2 Å². The molecule has 0 bridgehead atoms. The van der Waals surface area contributed by atoms with Crippen molar-refractivity contribution in [1.29, 1.82) is 0 Å². The van der Waals surface area contributed by atoms with Gasteiger partial charge in [-0.25, -0.2) is 4.79 Å². The average Bonchev–Trinajstić information content (AvgIpc) is 2.20. The van der Waals surface area contributed by atoms with E-state index in [9.17, 15) is 4.79 Å². The molecule has 0 saturated carbocycles. The van der Waals surface area contributed by atoms with Crippen molar-refractivity contribution in [1.82, 2.24) is 9.55 Å². The number of halogens is 1. The maximum atomic E-state index is 11.6. The molecule has 0 fully saturated rings. The second-order valence-electron chi connectivity index (χ2n) is 3.46. The molecule has 84 valence electrons. The number of hydrogen-bond donors (Lipinski definition) is 1. The number of aliphatic hydroxyl groups excluding tert-OH is 1. The van der Waals surface area contributed by atoms with E-state index in [-0.39, 0.29) is 12.3 Å². The Morgan fingerprint density at radius 2 is 2.07 bits per heavy atom. The minimum absolute atomic E-state index is 0.161. The third-order valence-electron chi connectivity index (χ3n) is 2.32. The van der Waals surface area contributed by atoms with E-state index in [0.717, 1.165) is 22.3 Å². The van der Waals surface area contributed by atoms with Gasteiger partial charge >= 0.3 is 5.69 Å². The van der Waals surface area contributed by atoms with Gasteiger partial charge in [-0.15, -0.1) is 0 Å². The van der Waals surface area contributed by atoms with Crippen molar-refractivity contribution in [2.75, 3.05) is 6.61 Å². The first-order chi connectivity index (χ1) is 7.07. The quantitative estimate of drug-likeness (QED) is 0.845. The number of aromatic nitrogens is 2. The summed E-state index contributed by atoms with van der Waals surface area (Å²) in [5, 5.41) is 8.67. The Balaban J connectivity index is 2.97. The zero-order chi connectivity index (χ0) is 11.4. The molecule has 1 aromatic rings. The van der Waals surface area contributed by atoms with Gasteiger partial charge in [0, 0.05) is 18.8 Å². The van der Waals surface area contributed by atoms with Crippen LogP contribution in [0.15, 0.2) is 9.27 Å². The minimum Gasteiger partial charge on any atom is -0.396 e. The number of nitrogens with zero attached hydrogens (tertiary/aromatic N) is 2. The van der Waals surface area contributed by atoms with Gasteiger partial charge in [-0.3, -0.25) is 4.57 Å². The average molecular weight is 275 g/mol. The molecule has 0 unspecified atom stereocenters. The van der Waals surface area contributed by atoms with E-state index < -0.39 is 0 Å². The van der Waals surface area contributed by atoms with Crippen LogP contribution in [0, 0.1) is 13.8 Å². The first-order valence-corrected chi connectivity index (χ1v) is 5.71. The third-order valence-corrected chi connectivity index (χ3v) is 3.47. The highest BCUT2D eigenvalue weighted by molar-refractivity contribution is 9.10. The highest BCUT2D eigenvalue weighted by atomic mass is 79.9. The van der Waals surface area contributed by atoms with Crippen LogP contribution in [-0.2, 0) is 6.54 Å². The molecule has 1 aromatic heterocycles. The van der Waals surface area contributed by atoms with Crippen LogP contribution in [0.25, 0.3) is 0 Å². The Labute approximate surface area is 97.1 Å². The molecule has 4 nitrogen and oxygen atoms in total. The Kier molecular flexibility index (Phi) is 4.47. The maximum Gasteiger partial charge on any atom is 0.348 e. The molecule has 0 aliphatic heterocycles. The fourth-order valence-electron chi connectivity index (χ4n) is 1.42. The van der Waals surface area contributed by atoms with Crippen molar-refractivity contribution >= 4 is 15.9 Å². The van der Waals surface area contributed by atoms with Crippen molar-refractivity contribution in [3.05, 3.63) is 26.3 Å². The van der Waals surface area contributed by atoms with Crippen LogP contribution >= 0.6 is 15.9 Å². The zero-order valence-corrected chi connectivity index (χ0v) is 10.5. The minimum atomic E-state index is -0.217. The van der Waals surface area contributed by atoms with Crippen molar-refractivity contribution in [2.24, 2.45) is 0 Å². The number of aliphatic hydroxyl groups is 1. The molecule has 0 radical (unpaired) electrons. The van der Waals surface area contributed by atoms with Crippen molar-refractivity contribution in [3.8, 4) is 0 Å². The summed E-state index contributed by atoms with van der Waals surface area (Å²) in [6.07, 6.45) is 1.49. The van der Waals surface area contributed by atoms with E-state index >= 15 is 0 Å². The van der Waals surface area contributed by atoms with E-state index in [0.29, 0.717) is 13.0 Å². The van der Waals surface area contributed by atoms with Gasteiger partial charge in [0.2, 0.25) is 0 Å². The van der Waals surface area contributed by atoms with Gasteiger partial charge in [0.25, 0.3) is 0 Å². The number of hydrogen-bond acceptors (Lipinski definition) is 3. The normalized spacial score (nSPS) is 10.7. The first-order valence-electron chi connectivity index (χ1n) is 4.92. The van der Waals surface area contributed by atoms with Gasteiger partial charge in [-0.05, 0) is 42.6 Å². The summed E-state index contributed by atoms with van der Waals surface area (Å²) in [6, 6.07) is 0. The lowest BCUT2D eigenvalue weighted by molar-refractivity contribution is 0.280. The predicted molar refractivity (Wildman–Crippen MR) is 62.0 cm³/mol. The topological polar surface area (TPSA) is 55.1 Å².